The van der Waals surface area contributed by atoms with E-state index >= 15 is 0 Å². The number of alkyl carbamates (subject to hydrolysis) is 1. The fourth-order valence-electron chi connectivity index (χ4n) is 2.76. The van der Waals surface area contributed by atoms with E-state index in [1.807, 2.05) is 0 Å². The van der Waals surface area contributed by atoms with Gasteiger partial charge >= 0.3 is 6.09 Å². The highest BCUT2D eigenvalue weighted by Crippen LogP contribution is 2.31. The number of fused-ring (bicyclic) bond motifs is 1. The normalized spacial score (nSPS) is 17.1. The van der Waals surface area contributed by atoms with E-state index in [1.165, 1.54) is 6.07 Å². The van der Waals surface area contributed by atoms with Crippen LogP contribution in [0.15, 0.2) is 10.9 Å². The molecule has 0 aliphatic heterocycles. The number of alkyl halides is 2. The fraction of sp³-hybridized carbons (Fsp3) is 0.588. The topological polar surface area (TPSA) is 114 Å². The number of nitrogens with one attached hydrogen (secondary N) is 2. The molecule has 7 nitrogen and oxygen atoms in total. The predicted octanol–water partition coefficient (Wildman–Crippen LogP) is 1.42. The van der Waals surface area contributed by atoms with Crippen molar-refractivity contribution in [1.29, 1.82) is 0 Å². The molecule has 1 heterocycles. The molecule has 0 radical (unpaired) electrons. The Morgan fingerprint density at radius 2 is 2.08 bits per heavy atom. The minimum absolute atomic E-state index is 0.0766. The van der Waals surface area contributed by atoms with Crippen LogP contribution in [0.2, 0.25) is 0 Å². The van der Waals surface area contributed by atoms with Crippen molar-refractivity contribution in [1.82, 2.24) is 10.3 Å². The van der Waals surface area contributed by atoms with Crippen molar-refractivity contribution in [3.05, 3.63) is 33.2 Å². The van der Waals surface area contributed by atoms with Gasteiger partial charge in [0.05, 0.1) is 0 Å². The van der Waals surface area contributed by atoms with Gasteiger partial charge in [0, 0.05) is 30.5 Å². The van der Waals surface area contributed by atoms with Gasteiger partial charge in [0.1, 0.15) is 11.6 Å². The molecule has 1 unspecified atom stereocenters. The molecule has 1 aliphatic carbocycles. The average molecular weight is 371 g/mol. The van der Waals surface area contributed by atoms with E-state index in [2.05, 4.69) is 10.3 Å². The van der Waals surface area contributed by atoms with Gasteiger partial charge in [-0.3, -0.25) is 9.59 Å². The first-order valence-corrected chi connectivity index (χ1v) is 8.27. The second-order valence-electron chi connectivity index (χ2n) is 7.47. The summed E-state index contributed by atoms with van der Waals surface area (Å²) in [6.45, 7) is 4.96. The largest absolute Gasteiger partial charge is 0.444 e. The fourth-order valence-corrected chi connectivity index (χ4v) is 2.76. The summed E-state index contributed by atoms with van der Waals surface area (Å²) >= 11 is 0. The summed E-state index contributed by atoms with van der Waals surface area (Å²) in [5.74, 6) is -3.70. The Hall–Kier alpha value is -2.45. The molecule has 9 heteroatoms. The summed E-state index contributed by atoms with van der Waals surface area (Å²) in [5.41, 5.74) is 4.92. The van der Waals surface area contributed by atoms with Gasteiger partial charge in [-0.25, -0.2) is 13.6 Å². The summed E-state index contributed by atoms with van der Waals surface area (Å²) in [5, 5.41) is 2.31. The van der Waals surface area contributed by atoms with E-state index in [0.29, 0.717) is 11.3 Å². The van der Waals surface area contributed by atoms with E-state index in [9.17, 15) is 23.2 Å². The molecule has 0 spiro atoms. The number of pyridine rings is 1. The molecule has 4 N–H and O–H groups in total. The highest BCUT2D eigenvalue weighted by Gasteiger charge is 2.35. The number of primary amides is 1. The van der Waals surface area contributed by atoms with Crippen molar-refractivity contribution in [2.75, 3.05) is 0 Å². The van der Waals surface area contributed by atoms with Crippen molar-refractivity contribution in [2.24, 2.45) is 5.73 Å². The molecule has 1 aromatic heterocycles. The van der Waals surface area contributed by atoms with Crippen LogP contribution in [0.1, 0.15) is 44.0 Å². The number of hydrogen-bond acceptors (Lipinski definition) is 4. The number of carbonyl (C=O) groups is 2. The van der Waals surface area contributed by atoms with Crippen LogP contribution in [0.3, 0.4) is 0 Å². The molecule has 1 atom stereocenters. The second kappa shape index (κ2) is 7.05. The molecule has 1 aromatic rings. The highest BCUT2D eigenvalue weighted by atomic mass is 19.3. The van der Waals surface area contributed by atoms with Crippen molar-refractivity contribution < 1.29 is 23.1 Å². The van der Waals surface area contributed by atoms with Gasteiger partial charge in [0.25, 0.3) is 11.5 Å². The zero-order valence-electron chi connectivity index (χ0n) is 14.9. The number of carbonyl (C=O) groups excluding carboxylic acids is 2. The molecule has 1 aliphatic rings. The van der Waals surface area contributed by atoms with Gasteiger partial charge in [-0.15, -0.1) is 0 Å². The third kappa shape index (κ3) is 5.27. The Morgan fingerprint density at radius 3 is 2.65 bits per heavy atom. The SMILES string of the molecule is CC(C)(C)OC(=O)NC(Cc1cc2c([nH]c1=O)CCC(F)(F)C2)C(N)=O. The molecule has 0 saturated carbocycles. The lowest BCUT2D eigenvalue weighted by Gasteiger charge is -2.25. The lowest BCUT2D eigenvalue weighted by atomic mass is 9.91. The molecule has 0 saturated heterocycles. The van der Waals surface area contributed by atoms with Crippen LogP contribution >= 0.6 is 0 Å². The number of amides is 2. The number of ether oxygens (including phenoxy) is 1. The van der Waals surface area contributed by atoms with Crippen molar-refractivity contribution in [3.8, 4) is 0 Å². The Kier molecular flexibility index (Phi) is 5.39. The van der Waals surface area contributed by atoms with Crippen LogP contribution in [-0.4, -0.2) is 34.5 Å². The van der Waals surface area contributed by atoms with Gasteiger partial charge in [-0.1, -0.05) is 0 Å². The number of aromatic amines is 1. The number of aromatic nitrogens is 1. The van der Waals surface area contributed by atoms with E-state index in [1.54, 1.807) is 20.8 Å². The summed E-state index contributed by atoms with van der Waals surface area (Å²) < 4.78 is 32.3. The van der Waals surface area contributed by atoms with Gasteiger partial charge in [-0.2, -0.15) is 0 Å². The Balaban J connectivity index is 2.20. The zero-order chi connectivity index (χ0) is 19.7. The third-order valence-corrected chi connectivity index (χ3v) is 3.94. The molecule has 0 fully saturated rings. The molecule has 2 rings (SSSR count). The van der Waals surface area contributed by atoms with Crippen LogP contribution in [0.4, 0.5) is 13.6 Å². The summed E-state index contributed by atoms with van der Waals surface area (Å²) in [6.07, 6.45) is -1.80. The van der Waals surface area contributed by atoms with Gasteiger partial charge < -0.3 is 20.8 Å². The molecule has 2 amide bonds. The maximum absolute atomic E-state index is 13.6. The summed E-state index contributed by atoms with van der Waals surface area (Å²) in [4.78, 5) is 38.2. The Morgan fingerprint density at radius 1 is 1.42 bits per heavy atom. The van der Waals surface area contributed by atoms with Crippen LogP contribution in [0.25, 0.3) is 0 Å². The van der Waals surface area contributed by atoms with Crippen molar-refractivity contribution >= 4 is 12.0 Å². The van der Waals surface area contributed by atoms with Crippen LogP contribution in [0, 0.1) is 0 Å². The Bertz CT molecular complexity index is 768. The van der Waals surface area contributed by atoms with Gasteiger partial charge in [0.2, 0.25) is 5.91 Å². The number of halogens is 2. The average Bonchev–Trinajstić information content (AvgIpc) is 2.45. The number of H-pyrrole nitrogens is 1. The number of hydrogen-bond donors (Lipinski definition) is 3. The second-order valence-corrected chi connectivity index (χ2v) is 7.47. The lowest BCUT2D eigenvalue weighted by Crippen LogP contribution is -2.48. The van der Waals surface area contributed by atoms with Crippen LogP contribution in [0.5, 0.6) is 0 Å². The third-order valence-electron chi connectivity index (χ3n) is 3.94. The first-order valence-electron chi connectivity index (χ1n) is 8.27. The van der Waals surface area contributed by atoms with Gasteiger partial charge in [-0.05, 0) is 38.8 Å². The van der Waals surface area contributed by atoms with E-state index in [4.69, 9.17) is 10.5 Å². The molecule has 144 valence electrons. The molecule has 26 heavy (non-hydrogen) atoms. The van der Waals surface area contributed by atoms with Crippen molar-refractivity contribution in [2.45, 2.75) is 64.0 Å². The quantitative estimate of drug-likeness (QED) is 0.742. The van der Waals surface area contributed by atoms with Crippen molar-refractivity contribution in [3.63, 3.8) is 0 Å². The maximum atomic E-state index is 13.6. The molecule has 0 aromatic carbocycles. The van der Waals surface area contributed by atoms with Gasteiger partial charge in [0.15, 0.2) is 0 Å². The van der Waals surface area contributed by atoms with E-state index in [-0.39, 0.29) is 24.8 Å². The van der Waals surface area contributed by atoms with Crippen LogP contribution in [-0.2, 0) is 28.8 Å². The minimum Gasteiger partial charge on any atom is -0.444 e. The molecular weight excluding hydrogens is 348 g/mol. The smallest absolute Gasteiger partial charge is 0.408 e. The number of aryl methyl sites for hydroxylation is 1. The standard InChI is InChI=1S/C17H23F2N3O4/c1-16(2,3)26-15(25)22-12(13(20)23)7-9-6-10-8-17(18,19)5-4-11(10)21-14(9)24/h6,12H,4-5,7-8H2,1-3H3,(H2,20,23)(H,21,24)(H,22,25). The van der Waals surface area contributed by atoms with E-state index in [0.717, 1.165) is 0 Å². The first-order chi connectivity index (χ1) is 11.9. The number of nitrogens with two attached hydrogens (primary N) is 1. The molecular formula is C17H23F2N3O4. The predicted molar refractivity (Wildman–Crippen MR) is 90.1 cm³/mol. The first kappa shape index (κ1) is 19.9. The summed E-state index contributed by atoms with van der Waals surface area (Å²) in [6, 6.07) is 0.154. The van der Waals surface area contributed by atoms with E-state index < -0.39 is 41.5 Å². The monoisotopic (exact) mass is 371 g/mol. The van der Waals surface area contributed by atoms with Crippen LogP contribution < -0.4 is 16.6 Å². The lowest BCUT2D eigenvalue weighted by molar-refractivity contribution is -0.120. The Labute approximate surface area is 149 Å². The summed E-state index contributed by atoms with van der Waals surface area (Å²) in [7, 11) is 0. The maximum Gasteiger partial charge on any atom is 0.408 e. The minimum atomic E-state index is -2.83. The highest BCUT2D eigenvalue weighted by molar-refractivity contribution is 5.84. The molecule has 0 bridgehead atoms. The number of rotatable bonds is 4. The zero-order valence-corrected chi connectivity index (χ0v) is 14.9.